The molecule has 1 heterocycles. The van der Waals surface area contributed by atoms with Gasteiger partial charge in [0.2, 0.25) is 0 Å². The van der Waals surface area contributed by atoms with E-state index in [0.717, 1.165) is 5.75 Å². The Hall–Kier alpha value is -1.41. The van der Waals surface area contributed by atoms with Crippen molar-refractivity contribution in [1.29, 1.82) is 0 Å². The average molecular weight is 370 g/mol. The van der Waals surface area contributed by atoms with Crippen molar-refractivity contribution < 1.29 is 19.0 Å². The minimum atomic E-state index is -0.925. The molecule has 0 aliphatic rings. The van der Waals surface area contributed by atoms with Crippen molar-refractivity contribution in [2.24, 2.45) is 0 Å². The van der Waals surface area contributed by atoms with Gasteiger partial charge in [0.25, 0.3) is 0 Å². The van der Waals surface area contributed by atoms with Crippen LogP contribution in [0.4, 0.5) is 4.39 Å². The van der Waals surface area contributed by atoms with Crippen molar-refractivity contribution in [3.05, 3.63) is 42.0 Å². The molecule has 0 amide bonds. The third kappa shape index (κ3) is 5.81. The number of methoxy groups -OCH3 is 1. The van der Waals surface area contributed by atoms with Gasteiger partial charge in [-0.1, -0.05) is 0 Å². The molecule has 0 spiro atoms. The highest BCUT2D eigenvalue weighted by molar-refractivity contribution is 8.32. The number of nitrogens with zero attached hydrogens (tertiary/aromatic N) is 2. The zero-order valence-corrected chi connectivity index (χ0v) is 16.1. The summed E-state index contributed by atoms with van der Waals surface area (Å²) in [4.78, 5) is 4.36. The van der Waals surface area contributed by atoms with Gasteiger partial charge in [-0.05, 0) is 42.5 Å². The van der Waals surface area contributed by atoms with Crippen molar-refractivity contribution in [1.82, 2.24) is 9.55 Å². The predicted octanol–water partition coefficient (Wildman–Crippen LogP) is 3.04. The highest BCUT2D eigenvalue weighted by atomic mass is 32.3. The number of halogens is 1. The standard InChI is InChI=1S/C18H27FN2O3S/c1-23-12-17(22)16-11-14(19)5-6-15(16)18-20-7-8-21(18)13-24-9-10-25(2,3)4/h5-8,11,17,22H,9-10,12-13H2,1-4H3. The summed E-state index contributed by atoms with van der Waals surface area (Å²) in [5.41, 5.74) is 1.12. The molecule has 0 bridgehead atoms. The van der Waals surface area contributed by atoms with Crippen LogP contribution >= 0.6 is 10.0 Å². The molecule has 1 aromatic carbocycles. The van der Waals surface area contributed by atoms with Crippen LogP contribution in [0.3, 0.4) is 0 Å². The molecule has 0 saturated heterocycles. The van der Waals surface area contributed by atoms with Crippen molar-refractivity contribution in [3.63, 3.8) is 0 Å². The Labute approximate surface area is 150 Å². The maximum Gasteiger partial charge on any atom is 0.142 e. The highest BCUT2D eigenvalue weighted by Gasteiger charge is 2.18. The molecule has 0 aliphatic carbocycles. The SMILES string of the molecule is COCC(O)c1cc(F)ccc1-c1nccn1COCCS(C)(C)C. The lowest BCUT2D eigenvalue weighted by Gasteiger charge is -2.24. The van der Waals surface area contributed by atoms with E-state index in [2.05, 4.69) is 23.8 Å². The van der Waals surface area contributed by atoms with Gasteiger partial charge in [-0.3, -0.25) is 0 Å². The third-order valence-electron chi connectivity index (χ3n) is 3.72. The molecule has 1 N–H and O–H groups in total. The van der Waals surface area contributed by atoms with Crippen LogP contribution in [0.1, 0.15) is 11.7 Å². The Bertz CT molecular complexity index is 685. The number of aliphatic hydroxyl groups is 1. The second-order valence-corrected chi connectivity index (χ2v) is 11.3. The first-order valence-electron chi connectivity index (χ1n) is 8.03. The zero-order valence-electron chi connectivity index (χ0n) is 15.2. The fourth-order valence-electron chi connectivity index (χ4n) is 2.39. The van der Waals surface area contributed by atoms with Crippen molar-refractivity contribution >= 4 is 10.0 Å². The summed E-state index contributed by atoms with van der Waals surface area (Å²) in [7, 11) is 0.899. The van der Waals surface area contributed by atoms with E-state index in [1.54, 1.807) is 12.3 Å². The first-order valence-corrected chi connectivity index (χ1v) is 11.1. The van der Waals surface area contributed by atoms with Crippen LogP contribution < -0.4 is 0 Å². The molecule has 7 heteroatoms. The number of rotatable bonds is 9. The molecule has 1 unspecified atom stereocenters. The van der Waals surface area contributed by atoms with Crippen LogP contribution in [0.15, 0.2) is 30.6 Å². The minimum absolute atomic E-state index is 0.0853. The summed E-state index contributed by atoms with van der Waals surface area (Å²) < 4.78 is 26.3. The van der Waals surface area contributed by atoms with Gasteiger partial charge in [0, 0.05) is 30.8 Å². The summed E-state index contributed by atoms with van der Waals surface area (Å²) in [6.45, 7) is 1.13. The molecule has 2 rings (SSSR count). The summed E-state index contributed by atoms with van der Waals surface area (Å²) in [6, 6.07) is 4.31. The summed E-state index contributed by atoms with van der Waals surface area (Å²) in [5.74, 6) is 1.26. The largest absolute Gasteiger partial charge is 0.386 e. The third-order valence-corrected chi connectivity index (χ3v) is 5.12. The topological polar surface area (TPSA) is 56.5 Å². The van der Waals surface area contributed by atoms with Gasteiger partial charge in [0.05, 0.1) is 13.2 Å². The molecule has 1 atom stereocenters. The molecule has 0 fully saturated rings. The van der Waals surface area contributed by atoms with Crippen LogP contribution in [0.25, 0.3) is 11.4 Å². The summed E-state index contributed by atoms with van der Waals surface area (Å²) >= 11 is 0. The van der Waals surface area contributed by atoms with Crippen LogP contribution in [-0.4, -0.2) is 59.5 Å². The van der Waals surface area contributed by atoms with Gasteiger partial charge in [-0.2, -0.15) is 0 Å². The van der Waals surface area contributed by atoms with Gasteiger partial charge < -0.3 is 19.1 Å². The maximum absolute atomic E-state index is 13.6. The van der Waals surface area contributed by atoms with Crippen molar-refractivity contribution in [2.45, 2.75) is 12.8 Å². The van der Waals surface area contributed by atoms with Crippen molar-refractivity contribution in [3.8, 4) is 11.4 Å². The molecule has 5 nitrogen and oxygen atoms in total. The molecule has 2 aromatic rings. The molecular formula is C18H27FN2O3S. The van der Waals surface area contributed by atoms with Gasteiger partial charge in [-0.15, -0.1) is 0 Å². The summed E-state index contributed by atoms with van der Waals surface area (Å²) in [6.07, 6.45) is 9.31. The second kappa shape index (κ2) is 8.80. The number of aromatic nitrogens is 2. The van der Waals surface area contributed by atoms with E-state index in [1.165, 1.54) is 19.2 Å². The van der Waals surface area contributed by atoms with Gasteiger partial charge in [-0.25, -0.2) is 19.4 Å². The molecule has 140 valence electrons. The fourth-order valence-corrected chi connectivity index (χ4v) is 3.01. The Morgan fingerprint density at radius 2 is 2.08 bits per heavy atom. The van der Waals surface area contributed by atoms with E-state index in [1.807, 2.05) is 10.8 Å². The highest BCUT2D eigenvalue weighted by Crippen LogP contribution is 2.33. The Morgan fingerprint density at radius 3 is 2.76 bits per heavy atom. The van der Waals surface area contributed by atoms with Crippen LogP contribution in [0.5, 0.6) is 0 Å². The summed E-state index contributed by atoms with van der Waals surface area (Å²) in [5, 5.41) is 10.3. The van der Waals surface area contributed by atoms with E-state index in [9.17, 15) is 9.50 Å². The number of hydrogen-bond acceptors (Lipinski definition) is 4. The van der Waals surface area contributed by atoms with Crippen LogP contribution in [-0.2, 0) is 16.2 Å². The Morgan fingerprint density at radius 1 is 1.32 bits per heavy atom. The quantitative estimate of drug-likeness (QED) is 0.690. The molecule has 25 heavy (non-hydrogen) atoms. The Kier molecular flexibility index (Phi) is 7.01. The lowest BCUT2D eigenvalue weighted by atomic mass is 10.0. The minimum Gasteiger partial charge on any atom is -0.386 e. The smallest absolute Gasteiger partial charge is 0.142 e. The number of aliphatic hydroxyl groups excluding tert-OH is 1. The van der Waals surface area contributed by atoms with Gasteiger partial charge in [0.15, 0.2) is 0 Å². The first-order chi connectivity index (χ1) is 11.8. The van der Waals surface area contributed by atoms with E-state index < -0.39 is 21.9 Å². The molecule has 1 aromatic heterocycles. The second-order valence-electron chi connectivity index (χ2n) is 6.76. The maximum atomic E-state index is 13.6. The normalized spacial score (nSPS) is 13.8. The first kappa shape index (κ1) is 19.9. The van der Waals surface area contributed by atoms with Gasteiger partial charge >= 0.3 is 0 Å². The number of benzene rings is 1. The van der Waals surface area contributed by atoms with E-state index >= 15 is 0 Å². The molecular weight excluding hydrogens is 343 g/mol. The molecule has 0 radical (unpaired) electrons. The lowest BCUT2D eigenvalue weighted by molar-refractivity contribution is 0.0643. The monoisotopic (exact) mass is 370 g/mol. The number of ether oxygens (including phenoxy) is 2. The Balaban J connectivity index is 2.18. The van der Waals surface area contributed by atoms with E-state index in [-0.39, 0.29) is 6.61 Å². The average Bonchev–Trinajstić information content (AvgIpc) is 2.99. The molecule has 0 saturated carbocycles. The van der Waals surface area contributed by atoms with Crippen molar-refractivity contribution in [2.75, 3.05) is 44.8 Å². The lowest BCUT2D eigenvalue weighted by Crippen LogP contribution is -2.12. The van der Waals surface area contributed by atoms with E-state index in [4.69, 9.17) is 9.47 Å². The van der Waals surface area contributed by atoms with Crippen LogP contribution in [0.2, 0.25) is 0 Å². The molecule has 0 aliphatic heterocycles. The van der Waals surface area contributed by atoms with E-state index in [0.29, 0.717) is 30.3 Å². The fraction of sp³-hybridized carbons (Fsp3) is 0.500. The number of imidazole rings is 1. The van der Waals surface area contributed by atoms with Crippen LogP contribution in [0, 0.1) is 5.82 Å². The van der Waals surface area contributed by atoms with Gasteiger partial charge in [0.1, 0.15) is 24.5 Å². The number of hydrogen-bond donors (Lipinski definition) is 1. The predicted molar refractivity (Wildman–Crippen MR) is 101 cm³/mol. The zero-order chi connectivity index (χ0) is 18.4.